The van der Waals surface area contributed by atoms with E-state index in [1.54, 1.807) is 0 Å². The second kappa shape index (κ2) is 78.9. The Balaban J connectivity index is 5.24. The quantitative estimate of drug-likeness (QED) is 0.0222. The molecular weight excluding hydrogens is 1400 g/mol. The molecule has 0 aromatic carbocycles. The van der Waals surface area contributed by atoms with Crippen molar-refractivity contribution in [2.45, 2.75) is 491 Å². The maximum Gasteiger partial charge on any atom is 0.472 e. The van der Waals surface area contributed by atoms with Gasteiger partial charge in [0.15, 0.2) is 12.2 Å². The summed E-state index contributed by atoms with van der Waals surface area (Å²) in [5.41, 5.74) is 0. The minimum atomic E-state index is -4.97. The number of hydrogen-bond acceptors (Lipinski definition) is 15. The van der Waals surface area contributed by atoms with E-state index in [4.69, 9.17) is 37.0 Å². The summed E-state index contributed by atoms with van der Waals surface area (Å²) < 4.78 is 69.0. The van der Waals surface area contributed by atoms with E-state index in [1.165, 1.54) is 283 Å². The van der Waals surface area contributed by atoms with Gasteiger partial charge in [-0.25, -0.2) is 9.13 Å². The van der Waals surface area contributed by atoms with Gasteiger partial charge in [-0.2, -0.15) is 0 Å². The number of phosphoric acid groups is 2. The predicted molar refractivity (Wildman–Crippen MR) is 446 cm³/mol. The van der Waals surface area contributed by atoms with E-state index in [-0.39, 0.29) is 25.7 Å². The van der Waals surface area contributed by atoms with Crippen LogP contribution in [-0.2, 0) is 65.4 Å². The monoisotopic (exact) mass is 1580 g/mol. The fraction of sp³-hybridized carbons (Fsp3) is 0.955. The van der Waals surface area contributed by atoms with Crippen molar-refractivity contribution < 1.29 is 80.2 Å². The molecule has 0 rings (SSSR count). The molecule has 0 bridgehead atoms. The molecule has 0 spiro atoms. The fourth-order valence-corrected chi connectivity index (χ4v) is 15.4. The molecule has 0 radical (unpaired) electrons. The first kappa shape index (κ1) is 106. The Bertz CT molecular complexity index is 2080. The molecule has 6 atom stereocenters. The molecule has 3 unspecified atom stereocenters. The van der Waals surface area contributed by atoms with Crippen LogP contribution in [0.2, 0.25) is 0 Å². The smallest absolute Gasteiger partial charge is 0.462 e. The minimum Gasteiger partial charge on any atom is -0.462 e. The average molecular weight is 1580 g/mol. The third-order valence-corrected chi connectivity index (χ3v) is 23.1. The van der Waals surface area contributed by atoms with Crippen LogP contribution in [0.25, 0.3) is 0 Å². The van der Waals surface area contributed by atoms with Crippen LogP contribution in [-0.4, -0.2) is 96.7 Å². The highest BCUT2D eigenvalue weighted by atomic mass is 31.2. The summed E-state index contributed by atoms with van der Waals surface area (Å²) in [4.78, 5) is 73.3. The molecule has 0 amide bonds. The number of carbonyl (C=O) groups is 4. The van der Waals surface area contributed by atoms with E-state index in [0.717, 1.165) is 108 Å². The lowest BCUT2D eigenvalue weighted by Gasteiger charge is -2.21. The van der Waals surface area contributed by atoms with Gasteiger partial charge in [0, 0.05) is 25.7 Å². The van der Waals surface area contributed by atoms with E-state index in [2.05, 4.69) is 48.5 Å². The van der Waals surface area contributed by atoms with Gasteiger partial charge >= 0.3 is 39.5 Å². The van der Waals surface area contributed by atoms with Crippen molar-refractivity contribution in [2.75, 3.05) is 39.6 Å². The predicted octanol–water partition coefficient (Wildman–Crippen LogP) is 27.3. The summed E-state index contributed by atoms with van der Waals surface area (Å²) in [7, 11) is -9.93. The number of ether oxygens (including phenoxy) is 4. The molecule has 0 aromatic heterocycles. The van der Waals surface area contributed by atoms with E-state index >= 15 is 0 Å². The second-order valence-electron chi connectivity index (χ2n) is 33.2. The zero-order chi connectivity index (χ0) is 79.3. The number of aliphatic hydroxyl groups excluding tert-OH is 1. The molecule has 108 heavy (non-hydrogen) atoms. The SMILES string of the molecule is CCCCCCCCCCCCCC(=O)OC[C@H](COP(=O)(O)OC[C@H](O)COP(=O)(O)OC[C@@H](COC(=O)CCCCCCCCCCCCCCCCCC(C)C)OC(=O)CCCCCCCCCCCCCCCCCCCCC(C)C)OC(=O)CCCCCCCCCCCCCCCCC(C)CC. The van der Waals surface area contributed by atoms with Crippen LogP contribution in [0.3, 0.4) is 0 Å². The lowest BCUT2D eigenvalue weighted by molar-refractivity contribution is -0.161. The van der Waals surface area contributed by atoms with Crippen LogP contribution in [0.1, 0.15) is 472 Å². The molecule has 0 fully saturated rings. The van der Waals surface area contributed by atoms with Crippen LogP contribution < -0.4 is 0 Å². The van der Waals surface area contributed by atoms with Gasteiger partial charge in [-0.3, -0.25) is 37.3 Å². The molecule has 0 aliphatic carbocycles. The molecule has 0 aliphatic heterocycles. The van der Waals surface area contributed by atoms with Crippen molar-refractivity contribution in [3.05, 3.63) is 0 Å². The minimum absolute atomic E-state index is 0.108. The normalized spacial score (nSPS) is 14.1. The van der Waals surface area contributed by atoms with Gasteiger partial charge in [0.25, 0.3) is 0 Å². The van der Waals surface area contributed by atoms with Gasteiger partial charge in [-0.15, -0.1) is 0 Å². The summed E-state index contributed by atoms with van der Waals surface area (Å²) in [6.07, 6.45) is 70.7. The topological polar surface area (TPSA) is 237 Å². The third kappa shape index (κ3) is 80.7. The molecule has 0 saturated heterocycles. The molecule has 3 N–H and O–H groups in total. The van der Waals surface area contributed by atoms with Crippen molar-refractivity contribution in [2.24, 2.45) is 17.8 Å². The Morgan fingerprint density at radius 3 is 0.704 bits per heavy atom. The number of esters is 4. The highest BCUT2D eigenvalue weighted by Gasteiger charge is 2.31. The number of unbranched alkanes of at least 4 members (excludes halogenated alkanes) is 54. The molecule has 19 heteroatoms. The first-order valence-electron chi connectivity index (χ1n) is 45.9. The number of aliphatic hydroxyl groups is 1. The Kier molecular flexibility index (Phi) is 77.5. The van der Waals surface area contributed by atoms with Gasteiger partial charge in [0.05, 0.1) is 26.4 Å². The van der Waals surface area contributed by atoms with Crippen LogP contribution in [0.5, 0.6) is 0 Å². The van der Waals surface area contributed by atoms with Gasteiger partial charge in [0.1, 0.15) is 19.3 Å². The number of phosphoric ester groups is 2. The lowest BCUT2D eigenvalue weighted by Crippen LogP contribution is -2.30. The Labute approximate surface area is 664 Å². The second-order valence-corrected chi connectivity index (χ2v) is 36.1. The molecule has 17 nitrogen and oxygen atoms in total. The van der Waals surface area contributed by atoms with Crippen molar-refractivity contribution in [1.29, 1.82) is 0 Å². The maximum absolute atomic E-state index is 13.2. The van der Waals surface area contributed by atoms with Gasteiger partial charge in [0.2, 0.25) is 0 Å². The van der Waals surface area contributed by atoms with Crippen molar-refractivity contribution >= 4 is 39.5 Å². The number of carbonyl (C=O) groups excluding carboxylic acids is 4. The molecule has 0 heterocycles. The molecule has 0 aromatic rings. The van der Waals surface area contributed by atoms with E-state index in [9.17, 15) is 43.2 Å². The highest BCUT2D eigenvalue weighted by molar-refractivity contribution is 7.47. The first-order valence-corrected chi connectivity index (χ1v) is 48.9. The molecule has 0 saturated carbocycles. The Morgan fingerprint density at radius 2 is 0.472 bits per heavy atom. The standard InChI is InChI=1S/C89H174O17P2/c1-8-10-11-12-13-14-32-42-49-56-63-70-86(91)99-76-84(105-89(94)73-66-59-52-45-38-31-25-24-28-35-41-48-55-62-69-82(7)9-2)78-103-107(95,96)101-74-83(90)75-102-108(97,98)104-79-85(77-100-87(92)71-64-57-50-43-36-29-23-19-21-27-34-40-47-54-61-68-81(5)6)106-88(93)72-65-58-51-44-37-30-22-18-16-15-17-20-26-33-39-46-53-60-67-80(3)4/h80-85,90H,8-79H2,1-7H3,(H,95,96)(H,97,98)/t82?,83-,84+,85+/m0/s1. The fourth-order valence-electron chi connectivity index (χ4n) is 13.9. The van der Waals surface area contributed by atoms with Crippen molar-refractivity contribution in [1.82, 2.24) is 0 Å². The van der Waals surface area contributed by atoms with Crippen molar-refractivity contribution in [3.63, 3.8) is 0 Å². The Hall–Kier alpha value is -1.94. The number of rotatable bonds is 87. The van der Waals surface area contributed by atoms with Crippen LogP contribution >= 0.6 is 15.6 Å². The number of hydrogen-bond donors (Lipinski definition) is 3. The summed E-state index contributed by atoms with van der Waals surface area (Å²) in [5, 5.41) is 10.7. The van der Waals surface area contributed by atoms with E-state index in [1.807, 2.05) is 0 Å². The largest absolute Gasteiger partial charge is 0.472 e. The maximum atomic E-state index is 13.2. The highest BCUT2D eigenvalue weighted by Crippen LogP contribution is 2.45. The molecule has 0 aliphatic rings. The van der Waals surface area contributed by atoms with Gasteiger partial charge < -0.3 is 33.8 Å². The van der Waals surface area contributed by atoms with E-state index < -0.39 is 97.5 Å². The van der Waals surface area contributed by atoms with E-state index in [0.29, 0.717) is 25.7 Å². The zero-order valence-corrected chi connectivity index (χ0v) is 73.1. The summed E-state index contributed by atoms with van der Waals surface area (Å²) >= 11 is 0. The van der Waals surface area contributed by atoms with Crippen molar-refractivity contribution in [3.8, 4) is 0 Å². The third-order valence-electron chi connectivity index (χ3n) is 21.2. The van der Waals surface area contributed by atoms with Crippen LogP contribution in [0.4, 0.5) is 0 Å². The summed E-state index contributed by atoms with van der Waals surface area (Å²) in [5.74, 6) is 0.373. The van der Waals surface area contributed by atoms with Gasteiger partial charge in [-0.05, 0) is 43.4 Å². The lowest BCUT2D eigenvalue weighted by atomic mass is 9.99. The van der Waals surface area contributed by atoms with Gasteiger partial charge in [-0.1, -0.05) is 421 Å². The first-order chi connectivity index (χ1) is 52.3. The summed E-state index contributed by atoms with van der Waals surface area (Å²) in [6, 6.07) is 0. The summed E-state index contributed by atoms with van der Waals surface area (Å²) in [6.45, 7) is 12.1. The van der Waals surface area contributed by atoms with Crippen LogP contribution in [0, 0.1) is 17.8 Å². The average Bonchev–Trinajstić information content (AvgIpc) is 0.899. The molecule has 642 valence electrons. The van der Waals surface area contributed by atoms with Crippen LogP contribution in [0.15, 0.2) is 0 Å². The Morgan fingerprint density at radius 1 is 0.269 bits per heavy atom. The molecular formula is C89H174O17P2. The zero-order valence-electron chi connectivity index (χ0n) is 71.3.